The third kappa shape index (κ3) is 7.29. The Kier molecular flexibility index (Phi) is 10.0. The van der Waals surface area contributed by atoms with Crippen LogP contribution in [-0.4, -0.2) is 35.0 Å². The number of hydrogen-bond acceptors (Lipinski definition) is 3. The van der Waals surface area contributed by atoms with Gasteiger partial charge in [-0.05, 0) is 61.7 Å². The molecule has 0 bridgehead atoms. The van der Waals surface area contributed by atoms with Crippen LogP contribution in [0.1, 0.15) is 56.7 Å². The van der Waals surface area contributed by atoms with Crippen LogP contribution in [0.5, 0.6) is 0 Å². The van der Waals surface area contributed by atoms with Crippen molar-refractivity contribution in [2.45, 2.75) is 53.1 Å². The number of amidine groups is 1. The predicted octanol–water partition coefficient (Wildman–Crippen LogP) is 7.74. The monoisotopic (exact) mass is 502 g/mol. The van der Waals surface area contributed by atoms with Gasteiger partial charge in [-0.2, -0.15) is 13.2 Å². The molecule has 1 aromatic carbocycles. The molecule has 8 heteroatoms. The van der Waals surface area contributed by atoms with Crippen LogP contribution < -0.4 is 4.90 Å². The number of pyridine rings is 1. The summed E-state index contributed by atoms with van der Waals surface area (Å²) in [4.78, 5) is 11.5. The number of aryl methyl sites for hydroxylation is 1. The number of anilines is 1. The highest BCUT2D eigenvalue weighted by atomic mass is 19.4. The number of alkyl halides is 3. The average molecular weight is 503 g/mol. The van der Waals surface area contributed by atoms with E-state index >= 15 is 0 Å². The average Bonchev–Trinajstić information content (AvgIpc) is 2.81. The molecule has 1 aromatic heterocycles. The molecule has 2 aromatic rings. The fourth-order valence-electron chi connectivity index (χ4n) is 3.89. The van der Waals surface area contributed by atoms with E-state index in [-0.39, 0.29) is 18.3 Å². The lowest BCUT2D eigenvalue weighted by Gasteiger charge is -2.34. The maximum atomic E-state index is 14.3. The summed E-state index contributed by atoms with van der Waals surface area (Å²) < 4.78 is 55.7. The number of allylic oxidation sites excluding steroid dienone is 1. The molecule has 36 heavy (non-hydrogen) atoms. The van der Waals surface area contributed by atoms with Gasteiger partial charge < -0.3 is 9.80 Å². The van der Waals surface area contributed by atoms with Gasteiger partial charge in [0.1, 0.15) is 24.0 Å². The minimum Gasteiger partial charge on any atom is -0.327 e. The highest BCUT2D eigenvalue weighted by molar-refractivity contribution is 6.01. The molecular weight excluding hydrogens is 468 g/mol. The topological polar surface area (TPSA) is 31.7 Å². The molecule has 2 rings (SSSR count). The quantitative estimate of drug-likeness (QED) is 0.189. The minimum absolute atomic E-state index is 0.00991. The number of aliphatic imine (C=N–C) groups is 1. The lowest BCUT2D eigenvalue weighted by Crippen LogP contribution is -2.40. The molecule has 1 heterocycles. The first-order chi connectivity index (χ1) is 16.9. The summed E-state index contributed by atoms with van der Waals surface area (Å²) in [6.45, 7) is 15.7. The Morgan fingerprint density at radius 3 is 2.42 bits per heavy atom. The molecule has 0 atom stereocenters. The standard InChI is InChI=1S/C28H34F4N4/c1-8-20(6)25(36(18-28(30,31)32)26-21(7)12-11-15-34-26)17-35(10-3)27(33-9-2)24-16-22(29)13-14-23(24)19(4)5/h9-16,19H,2-3,8,17-18H2,1,4-7H3/b25-20-,33-27?. The van der Waals surface area contributed by atoms with E-state index in [9.17, 15) is 17.6 Å². The molecule has 0 N–H and O–H groups in total. The summed E-state index contributed by atoms with van der Waals surface area (Å²) in [5.41, 5.74) is 3.14. The number of nitrogens with zero attached hydrogens (tertiary/aromatic N) is 4. The van der Waals surface area contributed by atoms with Crippen molar-refractivity contribution in [2.75, 3.05) is 18.0 Å². The predicted molar refractivity (Wildman–Crippen MR) is 139 cm³/mol. The Hall–Kier alpha value is -3.42. The number of aromatic nitrogens is 1. The van der Waals surface area contributed by atoms with Crippen LogP contribution >= 0.6 is 0 Å². The van der Waals surface area contributed by atoms with Gasteiger partial charge in [-0.1, -0.05) is 51.6 Å². The van der Waals surface area contributed by atoms with Crippen molar-refractivity contribution in [2.24, 2.45) is 4.99 Å². The Bertz CT molecular complexity index is 1130. The van der Waals surface area contributed by atoms with Gasteiger partial charge in [0.15, 0.2) is 0 Å². The third-order valence-corrected chi connectivity index (χ3v) is 5.83. The summed E-state index contributed by atoms with van der Waals surface area (Å²) in [7, 11) is 0. The fraction of sp³-hybridized carbons (Fsp3) is 0.357. The van der Waals surface area contributed by atoms with Gasteiger partial charge in [0.25, 0.3) is 0 Å². The van der Waals surface area contributed by atoms with Gasteiger partial charge in [0.2, 0.25) is 0 Å². The highest BCUT2D eigenvalue weighted by Crippen LogP contribution is 2.30. The number of benzene rings is 1. The van der Waals surface area contributed by atoms with Crippen LogP contribution in [0.4, 0.5) is 23.4 Å². The van der Waals surface area contributed by atoms with E-state index in [0.29, 0.717) is 29.1 Å². The Morgan fingerprint density at radius 2 is 1.89 bits per heavy atom. The third-order valence-electron chi connectivity index (χ3n) is 5.83. The van der Waals surface area contributed by atoms with Crippen molar-refractivity contribution >= 4 is 11.7 Å². The molecule has 0 spiro atoms. The molecule has 0 radical (unpaired) electrons. The van der Waals surface area contributed by atoms with E-state index in [1.165, 1.54) is 35.6 Å². The molecular formula is C28H34F4N4. The van der Waals surface area contributed by atoms with E-state index in [1.807, 2.05) is 20.8 Å². The second-order valence-electron chi connectivity index (χ2n) is 8.76. The Labute approximate surface area is 211 Å². The van der Waals surface area contributed by atoms with E-state index in [2.05, 4.69) is 23.1 Å². The minimum atomic E-state index is -4.48. The smallest absolute Gasteiger partial charge is 0.327 e. The van der Waals surface area contributed by atoms with Crippen LogP contribution in [-0.2, 0) is 0 Å². The highest BCUT2D eigenvalue weighted by Gasteiger charge is 2.34. The van der Waals surface area contributed by atoms with Crippen LogP contribution in [0.2, 0.25) is 0 Å². The molecule has 0 aliphatic rings. The summed E-state index contributed by atoms with van der Waals surface area (Å²) >= 11 is 0. The van der Waals surface area contributed by atoms with Gasteiger partial charge in [0, 0.05) is 23.7 Å². The molecule has 0 saturated carbocycles. The maximum Gasteiger partial charge on any atom is 0.406 e. The van der Waals surface area contributed by atoms with Crippen molar-refractivity contribution in [3.63, 3.8) is 0 Å². The normalized spacial score (nSPS) is 12.9. The van der Waals surface area contributed by atoms with Gasteiger partial charge >= 0.3 is 6.18 Å². The number of halogens is 4. The zero-order valence-corrected chi connectivity index (χ0v) is 21.5. The molecule has 0 fully saturated rings. The largest absolute Gasteiger partial charge is 0.406 e. The van der Waals surface area contributed by atoms with E-state index in [0.717, 1.165) is 11.1 Å². The first-order valence-electron chi connectivity index (χ1n) is 11.8. The summed E-state index contributed by atoms with van der Waals surface area (Å²) in [5, 5.41) is 0. The molecule has 0 saturated heterocycles. The second kappa shape index (κ2) is 12.5. The maximum absolute atomic E-state index is 14.3. The van der Waals surface area contributed by atoms with Gasteiger partial charge in [0.05, 0.1) is 6.54 Å². The van der Waals surface area contributed by atoms with Gasteiger partial charge in [-0.3, -0.25) is 0 Å². The van der Waals surface area contributed by atoms with Crippen molar-refractivity contribution in [3.8, 4) is 0 Å². The molecule has 0 aliphatic heterocycles. The van der Waals surface area contributed by atoms with Crippen molar-refractivity contribution < 1.29 is 17.6 Å². The van der Waals surface area contributed by atoms with Gasteiger partial charge in [-0.15, -0.1) is 0 Å². The summed E-state index contributed by atoms with van der Waals surface area (Å²) in [5.74, 6) is 0.165. The van der Waals surface area contributed by atoms with Crippen molar-refractivity contribution in [1.82, 2.24) is 9.88 Å². The zero-order valence-electron chi connectivity index (χ0n) is 21.5. The van der Waals surface area contributed by atoms with E-state index in [4.69, 9.17) is 0 Å². The van der Waals surface area contributed by atoms with Crippen LogP contribution in [0.3, 0.4) is 0 Å². The molecule has 0 aliphatic carbocycles. The first kappa shape index (κ1) is 28.8. The van der Waals surface area contributed by atoms with Gasteiger partial charge in [-0.25, -0.2) is 14.4 Å². The molecule has 0 unspecified atom stereocenters. The molecule has 194 valence electrons. The first-order valence-corrected chi connectivity index (χ1v) is 11.8. The van der Waals surface area contributed by atoms with E-state index in [1.54, 1.807) is 36.9 Å². The number of rotatable bonds is 10. The lowest BCUT2D eigenvalue weighted by molar-refractivity contribution is -0.119. The number of hydrogen-bond donors (Lipinski definition) is 0. The zero-order chi connectivity index (χ0) is 27.0. The lowest BCUT2D eigenvalue weighted by atomic mass is 9.95. The SMILES string of the molecule is C=CN=C(c1cc(F)ccc1C(C)C)N(C=C)C/C(=C(\C)CC)N(CC(F)(F)F)c1ncccc1C. The van der Waals surface area contributed by atoms with Crippen molar-refractivity contribution in [3.05, 3.63) is 95.9 Å². The van der Waals surface area contributed by atoms with Crippen LogP contribution in [0.25, 0.3) is 0 Å². The van der Waals surface area contributed by atoms with Crippen molar-refractivity contribution in [1.29, 1.82) is 0 Å². The Balaban J connectivity index is 2.70. The molecule has 0 amide bonds. The second-order valence-corrected chi connectivity index (χ2v) is 8.76. The summed E-state index contributed by atoms with van der Waals surface area (Å²) in [6.07, 6.45) is 0.326. The van der Waals surface area contributed by atoms with Crippen LogP contribution in [0, 0.1) is 12.7 Å². The summed E-state index contributed by atoms with van der Waals surface area (Å²) in [6, 6.07) is 7.85. The van der Waals surface area contributed by atoms with E-state index < -0.39 is 18.5 Å². The van der Waals surface area contributed by atoms with Crippen LogP contribution in [0.15, 0.2) is 78.3 Å². The fourth-order valence-corrected chi connectivity index (χ4v) is 3.89. The Morgan fingerprint density at radius 1 is 1.19 bits per heavy atom. The molecule has 4 nitrogen and oxygen atoms in total.